The molecule has 0 unspecified atom stereocenters. The van der Waals surface area contributed by atoms with E-state index >= 15 is 0 Å². The Labute approximate surface area is 205 Å². The van der Waals surface area contributed by atoms with Gasteiger partial charge in [-0.25, -0.2) is 4.99 Å². The lowest BCUT2D eigenvalue weighted by Crippen LogP contribution is -2.51. The summed E-state index contributed by atoms with van der Waals surface area (Å²) in [6.07, 6.45) is 0.997. The van der Waals surface area contributed by atoms with Crippen molar-refractivity contribution < 1.29 is 19.4 Å². The summed E-state index contributed by atoms with van der Waals surface area (Å²) in [7, 11) is 0. The number of amides is 2. The fourth-order valence-corrected chi connectivity index (χ4v) is 5.55. The zero-order valence-corrected chi connectivity index (χ0v) is 20.5. The predicted molar refractivity (Wildman–Crippen MR) is 132 cm³/mol. The lowest BCUT2D eigenvalue weighted by atomic mass is 9.87. The molecule has 2 aromatic carbocycles. The van der Waals surface area contributed by atoms with Crippen molar-refractivity contribution in [1.82, 2.24) is 10.2 Å². The van der Waals surface area contributed by atoms with Crippen molar-refractivity contribution >= 4 is 17.8 Å². The summed E-state index contributed by atoms with van der Waals surface area (Å²) >= 11 is 0. The van der Waals surface area contributed by atoms with Gasteiger partial charge < -0.3 is 20.9 Å². The number of carbonyl (C=O) groups is 2. The van der Waals surface area contributed by atoms with Crippen LogP contribution in [0.25, 0.3) is 0 Å². The van der Waals surface area contributed by atoms with Crippen molar-refractivity contribution in [2.24, 2.45) is 10.7 Å². The number of fused-ring (bicyclic) bond motifs is 2. The van der Waals surface area contributed by atoms with Crippen molar-refractivity contribution in [2.45, 2.75) is 69.7 Å². The summed E-state index contributed by atoms with van der Waals surface area (Å²) < 4.78 is 5.68. The molecule has 0 aromatic heterocycles. The molecule has 0 saturated heterocycles. The van der Waals surface area contributed by atoms with Crippen molar-refractivity contribution in [3.8, 4) is 5.75 Å². The summed E-state index contributed by atoms with van der Waals surface area (Å²) in [5.41, 5.74) is 7.67. The molecule has 184 valence electrons. The molecule has 35 heavy (non-hydrogen) atoms. The second kappa shape index (κ2) is 8.09. The minimum absolute atomic E-state index is 0.0581. The van der Waals surface area contributed by atoms with Crippen LogP contribution < -0.4 is 15.8 Å². The van der Waals surface area contributed by atoms with Gasteiger partial charge in [0.05, 0.1) is 24.0 Å². The van der Waals surface area contributed by atoms with E-state index in [1.807, 2.05) is 50.2 Å². The van der Waals surface area contributed by atoms with E-state index in [0.717, 1.165) is 16.7 Å². The molecule has 4 atom stereocenters. The first kappa shape index (κ1) is 23.4. The average Bonchev–Trinajstić information content (AvgIpc) is 3.09. The molecule has 3 aliphatic rings. The molecule has 0 bridgehead atoms. The quantitative estimate of drug-likeness (QED) is 0.629. The first-order chi connectivity index (χ1) is 16.5. The number of aliphatic hydroxyl groups is 1. The second-order valence-electron chi connectivity index (χ2n) is 10.8. The lowest BCUT2D eigenvalue weighted by molar-refractivity contribution is -0.131. The SMILES string of the molecule is C[C@@H]1C[C@@H](N2C(=O)CC(C)(C)N=C2N)c2cc(C(=O)N[C@@H]3c4ccccc4OC[C@]3(C)O)ccc21. The van der Waals surface area contributed by atoms with Gasteiger partial charge in [-0.05, 0) is 62.4 Å². The smallest absolute Gasteiger partial charge is 0.251 e. The Morgan fingerprint density at radius 1 is 1.17 bits per heavy atom. The molecule has 0 radical (unpaired) electrons. The Morgan fingerprint density at radius 3 is 2.66 bits per heavy atom. The summed E-state index contributed by atoms with van der Waals surface area (Å²) in [5.74, 6) is 0.721. The Balaban J connectivity index is 1.46. The molecule has 5 rings (SSSR count). The first-order valence-corrected chi connectivity index (χ1v) is 12.0. The standard InChI is InChI=1S/C27H32N4O4/c1-15-11-20(31-22(32)13-26(2,3)30-25(31)28)19-12-16(9-10-17(15)19)24(33)29-23-18-7-5-6-8-21(18)35-14-27(23,4)34/h5-10,12,15,20,23,34H,11,13-14H2,1-4H3,(H2,28,30)(H,29,33)/t15-,20-,23-,27+/m1/s1. The molecule has 0 fully saturated rings. The molecule has 2 heterocycles. The maximum absolute atomic E-state index is 13.4. The van der Waals surface area contributed by atoms with E-state index in [1.165, 1.54) is 0 Å². The molecule has 2 aromatic rings. The van der Waals surface area contributed by atoms with Crippen LogP contribution in [0.5, 0.6) is 5.75 Å². The monoisotopic (exact) mass is 476 g/mol. The van der Waals surface area contributed by atoms with Crippen LogP contribution in [0.4, 0.5) is 0 Å². The van der Waals surface area contributed by atoms with E-state index in [0.29, 0.717) is 17.7 Å². The number of nitrogens with two attached hydrogens (primary N) is 1. The van der Waals surface area contributed by atoms with E-state index in [4.69, 9.17) is 10.5 Å². The number of para-hydroxylation sites is 1. The van der Waals surface area contributed by atoms with Crippen molar-refractivity contribution in [3.05, 3.63) is 64.7 Å². The van der Waals surface area contributed by atoms with E-state index in [2.05, 4.69) is 17.2 Å². The Hall–Kier alpha value is -3.39. The van der Waals surface area contributed by atoms with Gasteiger partial charge in [-0.15, -0.1) is 0 Å². The number of guanidine groups is 1. The molecule has 8 heteroatoms. The second-order valence-corrected chi connectivity index (χ2v) is 10.8. The predicted octanol–water partition coefficient (Wildman–Crippen LogP) is 3.18. The topological polar surface area (TPSA) is 117 Å². The summed E-state index contributed by atoms with van der Waals surface area (Å²) in [6.45, 7) is 7.63. The van der Waals surface area contributed by atoms with Gasteiger partial charge in [0.2, 0.25) is 5.91 Å². The zero-order chi connectivity index (χ0) is 25.1. The van der Waals surface area contributed by atoms with Crippen LogP contribution in [0.3, 0.4) is 0 Å². The van der Waals surface area contributed by atoms with Gasteiger partial charge in [-0.2, -0.15) is 0 Å². The first-order valence-electron chi connectivity index (χ1n) is 12.0. The van der Waals surface area contributed by atoms with Crippen molar-refractivity contribution in [3.63, 3.8) is 0 Å². The third-order valence-corrected chi connectivity index (χ3v) is 7.29. The van der Waals surface area contributed by atoms with Gasteiger partial charge in [0.25, 0.3) is 5.91 Å². The van der Waals surface area contributed by atoms with Gasteiger partial charge in [0.15, 0.2) is 5.96 Å². The minimum atomic E-state index is -1.27. The molecule has 2 aliphatic heterocycles. The molecular weight excluding hydrogens is 444 g/mol. The van der Waals surface area contributed by atoms with Gasteiger partial charge in [0, 0.05) is 11.1 Å². The average molecular weight is 477 g/mol. The summed E-state index contributed by atoms with van der Waals surface area (Å²) in [5, 5.41) is 14.0. The highest BCUT2D eigenvalue weighted by Crippen LogP contribution is 2.45. The maximum atomic E-state index is 13.4. The highest BCUT2D eigenvalue weighted by molar-refractivity contribution is 6.00. The van der Waals surface area contributed by atoms with Crippen LogP contribution in [0, 0.1) is 0 Å². The molecule has 1 aliphatic carbocycles. The minimum Gasteiger partial charge on any atom is -0.490 e. The fourth-order valence-electron chi connectivity index (χ4n) is 5.55. The van der Waals surface area contributed by atoms with Crippen LogP contribution in [0.15, 0.2) is 47.5 Å². The number of carbonyl (C=O) groups excluding carboxylic acids is 2. The fraction of sp³-hybridized carbons (Fsp3) is 0.444. The number of nitrogens with one attached hydrogen (secondary N) is 1. The van der Waals surface area contributed by atoms with E-state index < -0.39 is 17.2 Å². The van der Waals surface area contributed by atoms with E-state index in [-0.39, 0.29) is 42.8 Å². The third kappa shape index (κ3) is 4.05. The van der Waals surface area contributed by atoms with Crippen LogP contribution in [0.1, 0.15) is 85.6 Å². The van der Waals surface area contributed by atoms with Crippen molar-refractivity contribution in [1.29, 1.82) is 0 Å². The highest BCUT2D eigenvalue weighted by Gasteiger charge is 2.43. The third-order valence-electron chi connectivity index (χ3n) is 7.29. The van der Waals surface area contributed by atoms with E-state index in [1.54, 1.807) is 17.9 Å². The number of rotatable bonds is 3. The van der Waals surface area contributed by atoms with E-state index in [9.17, 15) is 14.7 Å². The van der Waals surface area contributed by atoms with Gasteiger partial charge >= 0.3 is 0 Å². The van der Waals surface area contributed by atoms with Crippen molar-refractivity contribution in [2.75, 3.05) is 6.61 Å². The zero-order valence-electron chi connectivity index (χ0n) is 20.5. The Morgan fingerprint density at radius 2 is 1.91 bits per heavy atom. The van der Waals surface area contributed by atoms with Crippen LogP contribution in [-0.2, 0) is 4.79 Å². The maximum Gasteiger partial charge on any atom is 0.251 e. The lowest BCUT2D eigenvalue weighted by Gasteiger charge is -2.38. The normalized spacial score (nSPS) is 29.1. The Bertz CT molecular complexity index is 1240. The van der Waals surface area contributed by atoms with Gasteiger partial charge in [-0.1, -0.05) is 31.2 Å². The number of hydrogen-bond acceptors (Lipinski definition) is 6. The molecular formula is C27H32N4O4. The molecule has 8 nitrogen and oxygen atoms in total. The molecule has 2 amide bonds. The number of ether oxygens (including phenoxy) is 1. The Kier molecular flexibility index (Phi) is 5.40. The largest absolute Gasteiger partial charge is 0.490 e. The number of hydrogen-bond donors (Lipinski definition) is 3. The van der Waals surface area contributed by atoms with Gasteiger partial charge in [-0.3, -0.25) is 14.5 Å². The van der Waals surface area contributed by atoms with Crippen LogP contribution in [0.2, 0.25) is 0 Å². The highest BCUT2D eigenvalue weighted by atomic mass is 16.5. The summed E-state index contributed by atoms with van der Waals surface area (Å²) in [6, 6.07) is 12.1. The number of nitrogens with zero attached hydrogens (tertiary/aromatic N) is 2. The van der Waals surface area contributed by atoms with Crippen LogP contribution in [-0.4, -0.2) is 45.5 Å². The molecule has 4 N–H and O–H groups in total. The molecule has 0 spiro atoms. The summed E-state index contributed by atoms with van der Waals surface area (Å²) in [4.78, 5) is 32.6. The number of benzene rings is 2. The molecule has 0 saturated carbocycles. The number of aliphatic imine (C=N–C) groups is 1. The van der Waals surface area contributed by atoms with Gasteiger partial charge in [0.1, 0.15) is 18.0 Å². The van der Waals surface area contributed by atoms with Crippen LogP contribution >= 0.6 is 0 Å².